The molecule has 2 rings (SSSR count). The molecule has 0 saturated heterocycles. The van der Waals surface area contributed by atoms with E-state index in [2.05, 4.69) is 6.58 Å². The molecule has 4 unspecified atom stereocenters. The van der Waals surface area contributed by atoms with Gasteiger partial charge in [0.1, 0.15) is 0 Å². The molecular formula is C15H22F4O2. The van der Waals surface area contributed by atoms with Crippen molar-refractivity contribution in [3.05, 3.63) is 12.7 Å². The number of hydrogen-bond acceptors (Lipinski definition) is 2. The van der Waals surface area contributed by atoms with Crippen molar-refractivity contribution in [2.24, 2.45) is 11.3 Å². The summed E-state index contributed by atoms with van der Waals surface area (Å²) >= 11 is 0. The van der Waals surface area contributed by atoms with Gasteiger partial charge in [-0.3, -0.25) is 0 Å². The van der Waals surface area contributed by atoms with Gasteiger partial charge in [0.25, 0.3) is 0 Å². The summed E-state index contributed by atoms with van der Waals surface area (Å²) < 4.78 is 65.5. The first kappa shape index (κ1) is 16.7. The Labute approximate surface area is 122 Å². The van der Waals surface area contributed by atoms with Gasteiger partial charge in [0.15, 0.2) is 5.60 Å². The van der Waals surface area contributed by atoms with E-state index in [0.717, 1.165) is 6.92 Å². The number of rotatable bonds is 6. The van der Waals surface area contributed by atoms with Gasteiger partial charge < -0.3 is 9.47 Å². The second kappa shape index (κ2) is 5.23. The predicted molar refractivity (Wildman–Crippen MR) is 70.2 cm³/mol. The summed E-state index contributed by atoms with van der Waals surface area (Å²) in [4.78, 5) is 0. The van der Waals surface area contributed by atoms with E-state index in [1.807, 2.05) is 0 Å². The van der Waals surface area contributed by atoms with Gasteiger partial charge in [-0.05, 0) is 38.0 Å². The molecule has 2 fully saturated rings. The minimum Gasteiger partial charge on any atom is -0.324 e. The molecule has 0 aromatic carbocycles. The molecule has 0 aliphatic heterocycles. The van der Waals surface area contributed by atoms with Crippen molar-refractivity contribution in [1.29, 1.82) is 0 Å². The molecule has 0 aromatic heterocycles. The second-order valence-electron chi connectivity index (χ2n) is 6.28. The predicted octanol–water partition coefficient (Wildman–Crippen LogP) is 4.75. The third-order valence-electron chi connectivity index (χ3n) is 4.80. The first-order valence-corrected chi connectivity index (χ1v) is 7.35. The number of hydrogen-bond donors (Lipinski definition) is 0. The normalized spacial score (nSPS) is 38.5. The van der Waals surface area contributed by atoms with Crippen LogP contribution in [0.5, 0.6) is 0 Å². The van der Waals surface area contributed by atoms with Gasteiger partial charge in [0, 0.05) is 12.3 Å². The molecule has 0 amide bonds. The van der Waals surface area contributed by atoms with Crippen LogP contribution in [-0.4, -0.2) is 24.4 Å². The zero-order valence-electron chi connectivity index (χ0n) is 12.4. The second-order valence-corrected chi connectivity index (χ2v) is 6.28. The Bertz CT molecular complexity index is 407. The fourth-order valence-corrected chi connectivity index (χ4v) is 3.91. The summed E-state index contributed by atoms with van der Waals surface area (Å²) in [6.45, 7) is 6.23. The Morgan fingerprint density at radius 1 is 1.29 bits per heavy atom. The van der Waals surface area contributed by atoms with E-state index in [4.69, 9.17) is 9.47 Å². The highest BCUT2D eigenvalue weighted by atomic mass is 19.4. The number of alkyl halides is 4. The maximum absolute atomic E-state index is 14.4. The number of ether oxygens (including phenoxy) is 2. The molecule has 2 aliphatic carbocycles. The van der Waals surface area contributed by atoms with E-state index in [1.165, 1.54) is 6.08 Å². The van der Waals surface area contributed by atoms with Crippen LogP contribution in [0, 0.1) is 11.3 Å². The van der Waals surface area contributed by atoms with Gasteiger partial charge in [0.2, 0.25) is 0 Å². The summed E-state index contributed by atoms with van der Waals surface area (Å²) in [6.07, 6.45) is -1.71. The summed E-state index contributed by atoms with van der Waals surface area (Å²) in [6, 6.07) is -2.76. The van der Waals surface area contributed by atoms with Crippen LogP contribution in [0.1, 0.15) is 46.0 Å². The zero-order chi connectivity index (χ0) is 15.9. The average molecular weight is 310 g/mol. The summed E-state index contributed by atoms with van der Waals surface area (Å²) in [5, 5.41) is 0. The molecule has 2 bridgehead atoms. The number of halogens is 4. The Morgan fingerprint density at radius 2 is 1.95 bits per heavy atom. The van der Waals surface area contributed by atoms with Gasteiger partial charge in [0.05, 0.1) is 6.61 Å². The molecule has 2 saturated carbocycles. The Kier molecular flexibility index (Phi) is 4.17. The van der Waals surface area contributed by atoms with Crippen molar-refractivity contribution in [1.82, 2.24) is 0 Å². The molecule has 21 heavy (non-hydrogen) atoms. The first-order valence-electron chi connectivity index (χ1n) is 7.35. The van der Waals surface area contributed by atoms with Crippen LogP contribution in [0.25, 0.3) is 0 Å². The van der Waals surface area contributed by atoms with E-state index < -0.39 is 23.2 Å². The average Bonchev–Trinajstić information content (AvgIpc) is 2.91. The summed E-state index contributed by atoms with van der Waals surface area (Å²) in [5.74, 6) is -0.105. The quantitative estimate of drug-likeness (QED) is 0.400. The lowest BCUT2D eigenvalue weighted by Gasteiger charge is -2.47. The van der Waals surface area contributed by atoms with Crippen molar-refractivity contribution < 1.29 is 27.0 Å². The van der Waals surface area contributed by atoms with E-state index in [9.17, 15) is 17.6 Å². The van der Waals surface area contributed by atoms with Gasteiger partial charge in [-0.1, -0.05) is 13.0 Å². The number of fused-ring (bicyclic) bond motifs is 2. The van der Waals surface area contributed by atoms with Crippen LogP contribution in [-0.2, 0) is 9.47 Å². The van der Waals surface area contributed by atoms with Crippen molar-refractivity contribution in [3.8, 4) is 0 Å². The molecule has 122 valence electrons. The summed E-state index contributed by atoms with van der Waals surface area (Å²) in [5.41, 5.74) is -3.79. The highest BCUT2D eigenvalue weighted by Gasteiger charge is 2.74. The third-order valence-corrected chi connectivity index (χ3v) is 4.80. The molecule has 4 atom stereocenters. The van der Waals surface area contributed by atoms with E-state index in [0.29, 0.717) is 25.7 Å². The van der Waals surface area contributed by atoms with Crippen LogP contribution >= 0.6 is 0 Å². The summed E-state index contributed by atoms with van der Waals surface area (Å²) in [7, 11) is 0. The van der Waals surface area contributed by atoms with Crippen molar-refractivity contribution in [3.63, 3.8) is 0 Å². The smallest absolute Gasteiger partial charge is 0.324 e. The first-order chi connectivity index (χ1) is 9.61. The SMILES string of the molecule is C=CC12CCC(C1)CC2(OC(C)(F)OCCC)C(F)(F)F. The minimum atomic E-state index is -4.67. The monoisotopic (exact) mass is 310 g/mol. The van der Waals surface area contributed by atoms with E-state index in [1.54, 1.807) is 6.92 Å². The largest absolute Gasteiger partial charge is 0.418 e. The lowest BCUT2D eigenvalue weighted by atomic mass is 9.70. The van der Waals surface area contributed by atoms with Crippen LogP contribution in [0.15, 0.2) is 12.7 Å². The van der Waals surface area contributed by atoms with E-state index in [-0.39, 0.29) is 18.9 Å². The topological polar surface area (TPSA) is 18.5 Å². The van der Waals surface area contributed by atoms with Crippen molar-refractivity contribution in [2.45, 2.75) is 63.8 Å². The highest BCUT2D eigenvalue weighted by Crippen LogP contribution is 2.67. The molecule has 0 radical (unpaired) electrons. The fraction of sp³-hybridized carbons (Fsp3) is 0.867. The molecule has 0 spiro atoms. The van der Waals surface area contributed by atoms with Crippen LogP contribution in [0.2, 0.25) is 0 Å². The molecule has 0 heterocycles. The van der Waals surface area contributed by atoms with Crippen LogP contribution in [0.3, 0.4) is 0 Å². The molecule has 0 aromatic rings. The van der Waals surface area contributed by atoms with Gasteiger partial charge in [-0.2, -0.15) is 17.6 Å². The Morgan fingerprint density at radius 3 is 2.43 bits per heavy atom. The Balaban J connectivity index is 2.34. The Hall–Kier alpha value is -0.620. The standard InChI is InChI=1S/C15H22F4O2/c1-4-8-20-12(3,16)21-14(15(17,18)19)10-11-6-7-13(14,5-2)9-11/h5,11H,2,4,6-10H2,1,3H3. The molecule has 2 aliphatic rings. The zero-order valence-corrected chi connectivity index (χ0v) is 12.4. The molecule has 6 heteroatoms. The van der Waals surface area contributed by atoms with Crippen LogP contribution in [0.4, 0.5) is 17.6 Å². The third kappa shape index (κ3) is 2.61. The van der Waals surface area contributed by atoms with Gasteiger partial charge in [-0.25, -0.2) is 0 Å². The molecule has 0 N–H and O–H groups in total. The van der Waals surface area contributed by atoms with Gasteiger partial charge >= 0.3 is 12.2 Å². The highest BCUT2D eigenvalue weighted by molar-refractivity contribution is 5.21. The van der Waals surface area contributed by atoms with E-state index >= 15 is 0 Å². The minimum absolute atomic E-state index is 0.00541. The van der Waals surface area contributed by atoms with Crippen LogP contribution < -0.4 is 0 Å². The fourth-order valence-electron chi connectivity index (χ4n) is 3.91. The molecular weight excluding hydrogens is 288 g/mol. The van der Waals surface area contributed by atoms with Gasteiger partial charge in [-0.15, -0.1) is 6.58 Å². The van der Waals surface area contributed by atoms with Crippen molar-refractivity contribution >= 4 is 0 Å². The lowest BCUT2D eigenvalue weighted by molar-refractivity contribution is -0.416. The lowest BCUT2D eigenvalue weighted by Crippen LogP contribution is -2.60. The maximum Gasteiger partial charge on any atom is 0.418 e. The maximum atomic E-state index is 14.4. The molecule has 2 nitrogen and oxygen atoms in total. The van der Waals surface area contributed by atoms with Crippen molar-refractivity contribution in [2.75, 3.05) is 6.61 Å².